The van der Waals surface area contributed by atoms with Gasteiger partial charge in [-0.05, 0) is 24.3 Å². The van der Waals surface area contributed by atoms with E-state index >= 15 is 0 Å². The Morgan fingerprint density at radius 1 is 1.36 bits per heavy atom. The van der Waals surface area contributed by atoms with Crippen LogP contribution in [0.25, 0.3) is 0 Å². The van der Waals surface area contributed by atoms with Crippen LogP contribution in [0.1, 0.15) is 23.7 Å². The summed E-state index contributed by atoms with van der Waals surface area (Å²) in [4.78, 5) is 23.2. The van der Waals surface area contributed by atoms with Crippen LogP contribution in [0.4, 0.5) is 5.69 Å². The Bertz CT molecular complexity index is 330. The molecule has 1 aromatic carbocycles. The SMILES string of the molecule is CCC(=O)c1ccc(N(C)C=O)cc1. The van der Waals surface area contributed by atoms with E-state index in [1.165, 1.54) is 4.90 Å². The van der Waals surface area contributed by atoms with Crippen molar-refractivity contribution in [3.63, 3.8) is 0 Å². The van der Waals surface area contributed by atoms with Gasteiger partial charge < -0.3 is 4.90 Å². The molecular formula is C11H13NO2. The first-order valence-corrected chi connectivity index (χ1v) is 4.50. The number of ketones is 1. The zero-order valence-corrected chi connectivity index (χ0v) is 8.36. The monoisotopic (exact) mass is 191 g/mol. The number of carbonyl (C=O) groups is 2. The van der Waals surface area contributed by atoms with Gasteiger partial charge in [0.1, 0.15) is 0 Å². The Balaban J connectivity index is 2.88. The molecule has 74 valence electrons. The molecule has 0 saturated heterocycles. The summed E-state index contributed by atoms with van der Waals surface area (Å²) in [5.74, 6) is 0.116. The molecule has 0 aliphatic rings. The highest BCUT2D eigenvalue weighted by molar-refractivity contribution is 5.96. The Labute approximate surface area is 83.3 Å². The third-order valence-electron chi connectivity index (χ3n) is 2.08. The molecule has 0 heterocycles. The molecule has 0 aromatic heterocycles. The van der Waals surface area contributed by atoms with Gasteiger partial charge in [-0.1, -0.05) is 6.92 Å². The zero-order chi connectivity index (χ0) is 10.6. The first kappa shape index (κ1) is 10.4. The van der Waals surface area contributed by atoms with Crippen LogP contribution in [0.15, 0.2) is 24.3 Å². The summed E-state index contributed by atoms with van der Waals surface area (Å²) in [5, 5.41) is 0. The minimum Gasteiger partial charge on any atom is -0.318 e. The molecule has 1 aromatic rings. The molecule has 0 radical (unpaired) electrons. The summed E-state index contributed by atoms with van der Waals surface area (Å²) in [5.41, 5.74) is 1.48. The Morgan fingerprint density at radius 3 is 2.36 bits per heavy atom. The van der Waals surface area contributed by atoms with E-state index in [0.29, 0.717) is 12.0 Å². The minimum absolute atomic E-state index is 0.116. The second-order valence-electron chi connectivity index (χ2n) is 3.04. The summed E-state index contributed by atoms with van der Waals surface area (Å²) in [6, 6.07) is 7.00. The molecule has 1 rings (SSSR count). The van der Waals surface area contributed by atoms with Crippen LogP contribution in [0, 0.1) is 0 Å². The lowest BCUT2D eigenvalue weighted by Gasteiger charge is -2.10. The number of nitrogens with zero attached hydrogens (tertiary/aromatic N) is 1. The van der Waals surface area contributed by atoms with Gasteiger partial charge >= 0.3 is 0 Å². The smallest absolute Gasteiger partial charge is 0.213 e. The highest BCUT2D eigenvalue weighted by Crippen LogP contribution is 2.13. The van der Waals surface area contributed by atoms with Gasteiger partial charge in [0.25, 0.3) is 0 Å². The van der Waals surface area contributed by atoms with Crippen LogP contribution >= 0.6 is 0 Å². The normalized spacial score (nSPS) is 9.57. The molecule has 3 nitrogen and oxygen atoms in total. The minimum atomic E-state index is 0.116. The fourth-order valence-electron chi connectivity index (χ4n) is 1.15. The van der Waals surface area contributed by atoms with Crippen molar-refractivity contribution < 1.29 is 9.59 Å². The molecule has 14 heavy (non-hydrogen) atoms. The van der Waals surface area contributed by atoms with Gasteiger partial charge in [0, 0.05) is 24.7 Å². The molecule has 0 N–H and O–H groups in total. The van der Waals surface area contributed by atoms with E-state index in [0.717, 1.165) is 12.1 Å². The highest BCUT2D eigenvalue weighted by atomic mass is 16.1. The first-order chi connectivity index (χ1) is 6.69. The van der Waals surface area contributed by atoms with E-state index in [1.807, 2.05) is 6.92 Å². The molecule has 0 unspecified atom stereocenters. The fourth-order valence-corrected chi connectivity index (χ4v) is 1.15. The van der Waals surface area contributed by atoms with Gasteiger partial charge in [0.05, 0.1) is 0 Å². The molecule has 0 spiro atoms. The molecule has 0 aliphatic carbocycles. The molecule has 0 saturated carbocycles. The van der Waals surface area contributed by atoms with E-state index in [2.05, 4.69) is 0 Å². The molecule has 0 atom stereocenters. The van der Waals surface area contributed by atoms with E-state index in [1.54, 1.807) is 31.3 Å². The summed E-state index contributed by atoms with van der Waals surface area (Å²) in [6.07, 6.45) is 1.24. The average Bonchev–Trinajstić information content (AvgIpc) is 2.27. The summed E-state index contributed by atoms with van der Waals surface area (Å²) in [7, 11) is 1.67. The molecular weight excluding hydrogens is 178 g/mol. The second kappa shape index (κ2) is 4.56. The summed E-state index contributed by atoms with van der Waals surface area (Å²) in [6.45, 7) is 1.83. The summed E-state index contributed by atoms with van der Waals surface area (Å²) >= 11 is 0. The number of hydrogen-bond donors (Lipinski definition) is 0. The van der Waals surface area contributed by atoms with Gasteiger partial charge in [0.15, 0.2) is 5.78 Å². The van der Waals surface area contributed by atoms with E-state index in [9.17, 15) is 9.59 Å². The van der Waals surface area contributed by atoms with Crippen molar-refractivity contribution in [2.75, 3.05) is 11.9 Å². The number of benzene rings is 1. The lowest BCUT2D eigenvalue weighted by molar-refractivity contribution is -0.107. The zero-order valence-electron chi connectivity index (χ0n) is 8.36. The van der Waals surface area contributed by atoms with Crippen LogP contribution in [0.5, 0.6) is 0 Å². The van der Waals surface area contributed by atoms with Crippen LogP contribution in [0.3, 0.4) is 0 Å². The Kier molecular flexibility index (Phi) is 3.40. The van der Waals surface area contributed by atoms with E-state index in [4.69, 9.17) is 0 Å². The highest BCUT2D eigenvalue weighted by Gasteiger charge is 2.03. The van der Waals surface area contributed by atoms with Gasteiger partial charge in [-0.25, -0.2) is 0 Å². The lowest BCUT2D eigenvalue weighted by Crippen LogP contribution is -2.13. The van der Waals surface area contributed by atoms with Crippen molar-refractivity contribution in [2.24, 2.45) is 0 Å². The summed E-state index contributed by atoms with van der Waals surface area (Å²) < 4.78 is 0. The average molecular weight is 191 g/mol. The van der Waals surface area contributed by atoms with Crippen molar-refractivity contribution in [3.8, 4) is 0 Å². The van der Waals surface area contributed by atoms with Crippen molar-refractivity contribution in [1.82, 2.24) is 0 Å². The van der Waals surface area contributed by atoms with Crippen molar-refractivity contribution in [3.05, 3.63) is 29.8 Å². The van der Waals surface area contributed by atoms with Crippen molar-refractivity contribution in [2.45, 2.75) is 13.3 Å². The Morgan fingerprint density at radius 2 is 1.93 bits per heavy atom. The predicted octanol–water partition coefficient (Wildman–Crippen LogP) is 1.87. The molecule has 0 bridgehead atoms. The maximum absolute atomic E-state index is 11.3. The van der Waals surface area contributed by atoms with Gasteiger partial charge in [-0.15, -0.1) is 0 Å². The third-order valence-corrected chi connectivity index (χ3v) is 2.08. The van der Waals surface area contributed by atoms with Gasteiger partial charge in [0.2, 0.25) is 6.41 Å². The third kappa shape index (κ3) is 2.19. The molecule has 0 aliphatic heterocycles. The van der Waals surface area contributed by atoms with Crippen LogP contribution in [-0.2, 0) is 4.79 Å². The molecule has 1 amide bonds. The number of hydrogen-bond acceptors (Lipinski definition) is 2. The number of Topliss-reactive ketones (excluding diaryl/α,β-unsaturated/α-hetero) is 1. The maximum atomic E-state index is 11.3. The number of rotatable bonds is 4. The van der Waals surface area contributed by atoms with Crippen LogP contribution in [-0.4, -0.2) is 19.2 Å². The van der Waals surface area contributed by atoms with Crippen molar-refractivity contribution in [1.29, 1.82) is 0 Å². The van der Waals surface area contributed by atoms with Gasteiger partial charge in [-0.3, -0.25) is 9.59 Å². The van der Waals surface area contributed by atoms with Crippen LogP contribution < -0.4 is 4.90 Å². The van der Waals surface area contributed by atoms with Gasteiger partial charge in [-0.2, -0.15) is 0 Å². The number of anilines is 1. The molecule has 3 heteroatoms. The lowest BCUT2D eigenvalue weighted by atomic mass is 10.1. The van der Waals surface area contributed by atoms with Crippen molar-refractivity contribution >= 4 is 17.9 Å². The van der Waals surface area contributed by atoms with Crippen LogP contribution in [0.2, 0.25) is 0 Å². The van der Waals surface area contributed by atoms with E-state index < -0.39 is 0 Å². The Hall–Kier alpha value is -1.64. The quantitative estimate of drug-likeness (QED) is 0.538. The number of amides is 1. The number of carbonyl (C=O) groups excluding carboxylic acids is 2. The fraction of sp³-hybridized carbons (Fsp3) is 0.273. The molecule has 0 fully saturated rings. The maximum Gasteiger partial charge on any atom is 0.213 e. The van der Waals surface area contributed by atoms with E-state index in [-0.39, 0.29) is 5.78 Å². The second-order valence-corrected chi connectivity index (χ2v) is 3.04. The topological polar surface area (TPSA) is 37.4 Å². The first-order valence-electron chi connectivity index (χ1n) is 4.50. The predicted molar refractivity (Wildman–Crippen MR) is 55.5 cm³/mol. The standard InChI is InChI=1S/C11H13NO2/c1-3-11(14)9-4-6-10(7-5-9)12(2)8-13/h4-8H,3H2,1-2H3. The largest absolute Gasteiger partial charge is 0.318 e.